The van der Waals surface area contributed by atoms with Gasteiger partial charge >= 0.3 is 5.97 Å². The minimum atomic E-state index is -3.61. The van der Waals surface area contributed by atoms with E-state index in [1.165, 1.54) is 16.8 Å². The van der Waals surface area contributed by atoms with E-state index in [0.29, 0.717) is 0 Å². The van der Waals surface area contributed by atoms with Crippen LogP contribution in [0.5, 0.6) is 0 Å². The van der Waals surface area contributed by atoms with Gasteiger partial charge in [0.15, 0.2) is 0 Å². The van der Waals surface area contributed by atoms with Gasteiger partial charge < -0.3 is 9.67 Å². The summed E-state index contributed by atoms with van der Waals surface area (Å²) in [5, 5.41) is 8.99. The van der Waals surface area contributed by atoms with Crippen molar-refractivity contribution in [2.45, 2.75) is 31.7 Å². The van der Waals surface area contributed by atoms with Crippen LogP contribution in [0.1, 0.15) is 37.3 Å². The lowest BCUT2D eigenvalue weighted by Crippen LogP contribution is -2.22. The van der Waals surface area contributed by atoms with Crippen molar-refractivity contribution in [3.05, 3.63) is 18.0 Å². The van der Waals surface area contributed by atoms with Crippen LogP contribution in [0.2, 0.25) is 0 Å². The highest BCUT2D eigenvalue weighted by atomic mass is 32.2. The molecule has 1 aromatic rings. The molecule has 0 fully saturated rings. The highest BCUT2D eigenvalue weighted by Gasteiger charge is 2.21. The van der Waals surface area contributed by atoms with Gasteiger partial charge in [-0.2, -0.15) is 0 Å². The number of carboxylic acids is 1. The zero-order valence-corrected chi connectivity index (χ0v) is 10.8. The maximum atomic E-state index is 11.7. The molecule has 1 aromatic heterocycles. The van der Waals surface area contributed by atoms with Crippen LogP contribution in [-0.2, 0) is 10.0 Å². The molecule has 0 saturated heterocycles. The van der Waals surface area contributed by atoms with Crippen LogP contribution in [0.25, 0.3) is 0 Å². The summed E-state index contributed by atoms with van der Waals surface area (Å²) in [7, 11) is -3.61. The summed E-state index contributed by atoms with van der Waals surface area (Å²) in [6, 6.07) is 1.05. The van der Waals surface area contributed by atoms with Gasteiger partial charge in [-0.1, -0.05) is 6.92 Å². The lowest BCUT2D eigenvalue weighted by molar-refractivity contribution is 0.0683. The second-order valence-electron chi connectivity index (χ2n) is 3.87. The van der Waals surface area contributed by atoms with E-state index in [-0.39, 0.29) is 23.2 Å². The summed E-state index contributed by atoms with van der Waals surface area (Å²) in [4.78, 5) is 11.0. The second kappa shape index (κ2) is 4.89. The molecule has 17 heavy (non-hydrogen) atoms. The van der Waals surface area contributed by atoms with Crippen LogP contribution in [0.3, 0.4) is 0 Å². The molecule has 1 heterocycles. The van der Waals surface area contributed by atoms with Crippen LogP contribution >= 0.6 is 0 Å². The van der Waals surface area contributed by atoms with E-state index in [9.17, 15) is 13.2 Å². The minimum absolute atomic E-state index is 0.0227. The molecule has 0 atom stereocenters. The molecule has 0 spiro atoms. The van der Waals surface area contributed by atoms with Gasteiger partial charge in [0, 0.05) is 18.8 Å². The van der Waals surface area contributed by atoms with Crippen molar-refractivity contribution < 1.29 is 18.3 Å². The third-order valence-electron chi connectivity index (χ3n) is 2.24. The van der Waals surface area contributed by atoms with Gasteiger partial charge in [-0.05, 0) is 19.9 Å². The number of aromatic carboxylic acids is 1. The molecule has 0 aliphatic rings. The van der Waals surface area contributed by atoms with Crippen molar-refractivity contribution in [1.82, 2.24) is 9.29 Å². The molecule has 6 nitrogen and oxygen atoms in total. The number of nitrogens with one attached hydrogen (secondary N) is 1. The number of nitrogens with zero attached hydrogens (tertiary/aromatic N) is 1. The van der Waals surface area contributed by atoms with Gasteiger partial charge in [-0.3, -0.25) is 0 Å². The molecular formula is C10H16N2O4S. The Hall–Kier alpha value is -1.34. The van der Waals surface area contributed by atoms with Gasteiger partial charge in [0.25, 0.3) is 0 Å². The number of carbonyl (C=O) groups is 1. The summed E-state index contributed by atoms with van der Waals surface area (Å²) in [6.45, 7) is 5.50. The van der Waals surface area contributed by atoms with E-state index in [1.54, 1.807) is 20.8 Å². The molecule has 0 bridgehead atoms. The third kappa shape index (κ3) is 2.86. The summed E-state index contributed by atoms with van der Waals surface area (Å²) < 4.78 is 27.2. The number of carboxylic acid groups (broad SMARTS) is 1. The fourth-order valence-electron chi connectivity index (χ4n) is 1.47. The molecular weight excluding hydrogens is 244 g/mol. The van der Waals surface area contributed by atoms with Gasteiger partial charge in [-0.15, -0.1) is 0 Å². The van der Waals surface area contributed by atoms with Crippen LogP contribution < -0.4 is 4.72 Å². The molecule has 0 radical (unpaired) electrons. The van der Waals surface area contributed by atoms with Gasteiger partial charge in [0.05, 0.1) is 0 Å². The Morgan fingerprint density at radius 2 is 2.12 bits per heavy atom. The number of sulfonamides is 1. The minimum Gasteiger partial charge on any atom is -0.477 e. The highest BCUT2D eigenvalue weighted by Crippen LogP contribution is 2.18. The normalized spacial score (nSPS) is 12.0. The van der Waals surface area contributed by atoms with Gasteiger partial charge in [0.2, 0.25) is 10.0 Å². The SMILES string of the molecule is CCNS(=O)(=O)c1cc(C(=O)O)n(C(C)C)c1. The Morgan fingerprint density at radius 1 is 1.53 bits per heavy atom. The van der Waals surface area contributed by atoms with Gasteiger partial charge in [-0.25, -0.2) is 17.9 Å². The van der Waals surface area contributed by atoms with Crippen LogP contribution in [0, 0.1) is 0 Å². The number of hydrogen-bond donors (Lipinski definition) is 2. The largest absolute Gasteiger partial charge is 0.477 e. The molecule has 0 aliphatic carbocycles. The molecule has 0 unspecified atom stereocenters. The van der Waals surface area contributed by atoms with Crippen molar-refractivity contribution in [2.24, 2.45) is 0 Å². The maximum absolute atomic E-state index is 11.7. The Morgan fingerprint density at radius 3 is 2.47 bits per heavy atom. The van der Waals surface area contributed by atoms with Crippen molar-refractivity contribution in [2.75, 3.05) is 6.54 Å². The lowest BCUT2D eigenvalue weighted by atomic mass is 10.3. The predicted molar refractivity (Wildman–Crippen MR) is 62.6 cm³/mol. The summed E-state index contributed by atoms with van der Waals surface area (Å²) in [6.07, 6.45) is 1.34. The second-order valence-corrected chi connectivity index (χ2v) is 5.64. The molecule has 2 N–H and O–H groups in total. The zero-order chi connectivity index (χ0) is 13.2. The molecule has 1 rings (SSSR count). The maximum Gasteiger partial charge on any atom is 0.352 e. The fourth-order valence-corrected chi connectivity index (χ4v) is 2.54. The molecule has 96 valence electrons. The average molecular weight is 260 g/mol. The van der Waals surface area contributed by atoms with Crippen LogP contribution in [-0.4, -0.2) is 30.6 Å². The Balaban J connectivity index is 3.31. The first kappa shape index (κ1) is 13.7. The third-order valence-corrected chi connectivity index (χ3v) is 3.76. The van der Waals surface area contributed by atoms with Gasteiger partial charge in [0.1, 0.15) is 10.6 Å². The highest BCUT2D eigenvalue weighted by molar-refractivity contribution is 7.89. The van der Waals surface area contributed by atoms with E-state index in [2.05, 4.69) is 4.72 Å². The lowest BCUT2D eigenvalue weighted by Gasteiger charge is -2.09. The monoisotopic (exact) mass is 260 g/mol. The molecule has 0 amide bonds. The quantitative estimate of drug-likeness (QED) is 0.828. The summed E-state index contributed by atoms with van der Waals surface area (Å²) in [5.74, 6) is -1.14. The zero-order valence-electron chi connectivity index (χ0n) is 9.97. The average Bonchev–Trinajstić information content (AvgIpc) is 2.62. The predicted octanol–water partition coefficient (Wildman–Crippen LogP) is 1.07. The Kier molecular flexibility index (Phi) is 3.94. The number of rotatable bonds is 5. The fraction of sp³-hybridized carbons (Fsp3) is 0.500. The number of hydrogen-bond acceptors (Lipinski definition) is 3. The smallest absolute Gasteiger partial charge is 0.352 e. The number of aromatic nitrogens is 1. The molecule has 0 aliphatic heterocycles. The summed E-state index contributed by atoms with van der Waals surface area (Å²) in [5.41, 5.74) is -0.0310. The molecule has 7 heteroatoms. The van der Waals surface area contributed by atoms with Crippen LogP contribution in [0.4, 0.5) is 0 Å². The van der Waals surface area contributed by atoms with Crippen molar-refractivity contribution in [1.29, 1.82) is 0 Å². The first-order valence-corrected chi connectivity index (χ1v) is 6.72. The van der Waals surface area contributed by atoms with E-state index in [1.807, 2.05) is 0 Å². The first-order valence-electron chi connectivity index (χ1n) is 5.24. The summed E-state index contributed by atoms with van der Waals surface area (Å²) >= 11 is 0. The first-order chi connectivity index (χ1) is 7.79. The molecule has 0 aromatic carbocycles. The Labute approximate surface area is 100 Å². The van der Waals surface area contributed by atoms with E-state index >= 15 is 0 Å². The van der Waals surface area contributed by atoms with E-state index in [4.69, 9.17) is 5.11 Å². The van der Waals surface area contributed by atoms with Crippen LogP contribution in [0.15, 0.2) is 17.2 Å². The van der Waals surface area contributed by atoms with Crippen molar-refractivity contribution >= 4 is 16.0 Å². The molecule has 0 saturated carbocycles. The standard InChI is InChI=1S/C10H16N2O4S/c1-4-11-17(15,16)8-5-9(10(13)14)12(6-8)7(2)3/h5-7,11H,4H2,1-3H3,(H,13,14). The van der Waals surface area contributed by atoms with Crippen molar-refractivity contribution in [3.63, 3.8) is 0 Å². The van der Waals surface area contributed by atoms with E-state index < -0.39 is 16.0 Å². The Bertz CT molecular complexity index is 516. The van der Waals surface area contributed by atoms with Crippen molar-refractivity contribution in [3.8, 4) is 0 Å². The topological polar surface area (TPSA) is 88.4 Å². The van der Waals surface area contributed by atoms with E-state index in [0.717, 1.165) is 0 Å².